The molecule has 1 aromatic heterocycles. The average molecular weight is 1230 g/mol. The van der Waals surface area contributed by atoms with Crippen molar-refractivity contribution < 1.29 is 72.0 Å². The molecule has 0 bridgehead atoms. The quantitative estimate of drug-likeness (QED) is 0.0882. The van der Waals surface area contributed by atoms with E-state index in [1.807, 2.05) is 107 Å². The third-order valence-corrected chi connectivity index (χ3v) is 20.3. The number of cyclic esters (lactones) is 1. The normalized spacial score (nSPS) is 39.3. The van der Waals surface area contributed by atoms with Crippen molar-refractivity contribution in [2.45, 2.75) is 201 Å². The Morgan fingerprint density at radius 3 is 2.17 bits per heavy atom. The number of alkyl halides is 1. The van der Waals surface area contributed by atoms with E-state index >= 15 is 9.59 Å². The highest BCUT2D eigenvalue weighted by Crippen LogP contribution is 2.50. The second-order valence-electron chi connectivity index (χ2n) is 23.4. The summed E-state index contributed by atoms with van der Waals surface area (Å²) < 4.78 is 63.2. The molecule has 5 heterocycles. The molecule has 5 fully saturated rings. The van der Waals surface area contributed by atoms with Crippen LogP contribution in [0.3, 0.4) is 0 Å². The van der Waals surface area contributed by atoms with Gasteiger partial charge in [-0.2, -0.15) is 0 Å². The first-order valence-corrected chi connectivity index (χ1v) is 30.1. The van der Waals surface area contributed by atoms with Crippen molar-refractivity contribution in [2.24, 2.45) is 29.6 Å². The number of hydrogen-bond donors (Lipinski definition) is 2. The van der Waals surface area contributed by atoms with E-state index in [0.717, 1.165) is 36.9 Å². The second-order valence-corrected chi connectivity index (χ2v) is 25.8. The maximum absolute atomic E-state index is 15.4. The summed E-state index contributed by atoms with van der Waals surface area (Å²) in [5, 5.41) is 22.3. The van der Waals surface area contributed by atoms with E-state index in [0.29, 0.717) is 36.8 Å². The summed E-state index contributed by atoms with van der Waals surface area (Å²) in [6.45, 7) is 17.4. The van der Waals surface area contributed by atoms with Crippen molar-refractivity contribution in [1.29, 1.82) is 0 Å². The molecular weight excluding hydrogens is 1140 g/mol. The Balaban J connectivity index is 1.23. The molecule has 1 aromatic carbocycles. The number of aromatic nitrogens is 1. The lowest BCUT2D eigenvalue weighted by atomic mass is 9.72. The Kier molecular flexibility index (Phi) is 21.3. The van der Waals surface area contributed by atoms with E-state index in [2.05, 4.69) is 9.88 Å². The monoisotopic (exact) mass is 1230 g/mol. The van der Waals surface area contributed by atoms with E-state index in [1.54, 1.807) is 54.3 Å². The molecule has 0 unspecified atom stereocenters. The zero-order valence-corrected chi connectivity index (χ0v) is 51.2. The Morgan fingerprint density at radius 2 is 1.53 bits per heavy atom. The Bertz CT molecular complexity index is 2320. The molecular formula is C58H88IN3O15S. The molecule has 0 amide bonds. The van der Waals surface area contributed by atoms with E-state index in [4.69, 9.17) is 47.4 Å². The number of anilines is 1. The molecule has 20 heteroatoms. The third-order valence-electron chi connectivity index (χ3n) is 17.6. The number of hydrogen-bond acceptors (Lipinski definition) is 19. The molecule has 18 nitrogen and oxygen atoms in total. The van der Waals surface area contributed by atoms with Crippen LogP contribution in [0.2, 0.25) is 0 Å². The van der Waals surface area contributed by atoms with Gasteiger partial charge in [0.15, 0.2) is 33.8 Å². The summed E-state index contributed by atoms with van der Waals surface area (Å²) in [7, 11) is 8.52. The number of aliphatic hydroxyl groups is 2. The molecule has 19 atom stereocenters. The van der Waals surface area contributed by atoms with Crippen molar-refractivity contribution in [3.8, 4) is 11.5 Å². The highest BCUT2D eigenvalue weighted by Gasteiger charge is 2.62. The minimum absolute atomic E-state index is 0.114. The van der Waals surface area contributed by atoms with Crippen LogP contribution in [0.1, 0.15) is 113 Å². The SMILES string of the molecule is COc1ccc(N(CCS[C@@H]2C(=O)O[C@@]3(C)[C@H]2[C@@H](C)C(=O)[C@H](C)C[C@@](C)(OC)[C@H](O[C@@H]2O[C@H](C)C[C@H](N(C)C)[C@H]2O)[C@@H](C)[C@H](O[C@H]2C[C@@](C)(OC)[C@@H](O)[C@H](C)O2)[C@@H](C)C(=O)O[C@@H]3I)Cc2ccncc2)cc1OC1CCCC1. The summed E-state index contributed by atoms with van der Waals surface area (Å²) >= 11 is 3.45. The minimum Gasteiger partial charge on any atom is -0.493 e. The molecule has 1 aliphatic carbocycles. The van der Waals surface area contributed by atoms with Crippen LogP contribution in [0.5, 0.6) is 11.5 Å². The number of carbonyl (C=O) groups is 3. The smallest absolute Gasteiger partial charge is 0.320 e. The number of benzene rings is 1. The number of ketones is 1. The first-order chi connectivity index (χ1) is 36.9. The molecule has 78 heavy (non-hydrogen) atoms. The summed E-state index contributed by atoms with van der Waals surface area (Å²) in [6.07, 6.45) is 1.50. The van der Waals surface area contributed by atoms with Crippen molar-refractivity contribution in [1.82, 2.24) is 9.88 Å². The molecule has 0 radical (unpaired) electrons. The summed E-state index contributed by atoms with van der Waals surface area (Å²) in [6, 6.07) is 9.60. The Hall–Kier alpha value is -2.90. The molecule has 7 rings (SSSR count). The van der Waals surface area contributed by atoms with Crippen LogP contribution in [0.15, 0.2) is 42.7 Å². The van der Waals surface area contributed by atoms with Crippen LogP contribution in [-0.4, -0.2) is 173 Å². The lowest BCUT2D eigenvalue weighted by molar-refractivity contribution is -0.319. The van der Waals surface area contributed by atoms with Crippen molar-refractivity contribution in [3.05, 3.63) is 48.3 Å². The van der Waals surface area contributed by atoms with Gasteiger partial charge in [0.2, 0.25) is 0 Å². The van der Waals surface area contributed by atoms with E-state index < -0.39 is 111 Å². The number of rotatable bonds is 17. The number of fused-ring (bicyclic) bond motifs is 1. The van der Waals surface area contributed by atoms with Crippen LogP contribution in [-0.2, 0) is 58.8 Å². The number of likely N-dealkylation sites (N-methyl/N-ethyl adjacent to an activating group) is 1. The van der Waals surface area contributed by atoms with Gasteiger partial charge in [0.05, 0.1) is 54.7 Å². The van der Waals surface area contributed by atoms with Gasteiger partial charge in [-0.3, -0.25) is 19.4 Å². The maximum Gasteiger partial charge on any atom is 0.320 e. The molecule has 438 valence electrons. The highest BCUT2D eigenvalue weighted by atomic mass is 127. The molecule has 2 aromatic rings. The number of ether oxygens (including phenoxy) is 10. The predicted octanol–water partition coefficient (Wildman–Crippen LogP) is 7.78. The molecule has 4 saturated heterocycles. The first kappa shape index (κ1) is 62.7. The Morgan fingerprint density at radius 1 is 0.846 bits per heavy atom. The second kappa shape index (κ2) is 26.6. The number of Topliss-reactive ketones (excluding diaryl/α,β-unsaturated/α-hetero) is 1. The fourth-order valence-electron chi connectivity index (χ4n) is 12.7. The number of methoxy groups -OCH3 is 3. The summed E-state index contributed by atoms with van der Waals surface area (Å²) in [5.41, 5.74) is -1.84. The third kappa shape index (κ3) is 13.8. The number of thioether (sulfide) groups is 1. The molecule has 4 aliphatic heterocycles. The molecule has 1 saturated carbocycles. The average Bonchev–Trinajstić information content (AvgIpc) is 4.25. The van der Waals surface area contributed by atoms with Gasteiger partial charge in [0, 0.05) is 93.3 Å². The summed E-state index contributed by atoms with van der Waals surface area (Å²) in [4.78, 5) is 53.4. The zero-order valence-electron chi connectivity index (χ0n) is 48.3. The number of carbonyl (C=O) groups excluding carboxylic acids is 3. The van der Waals surface area contributed by atoms with Gasteiger partial charge in [-0.05, 0) is 147 Å². The summed E-state index contributed by atoms with van der Waals surface area (Å²) in [5.74, 6) is -3.46. The van der Waals surface area contributed by atoms with Crippen molar-refractivity contribution in [2.75, 3.05) is 52.6 Å². The van der Waals surface area contributed by atoms with Crippen LogP contribution in [0.4, 0.5) is 5.69 Å². The van der Waals surface area contributed by atoms with Gasteiger partial charge >= 0.3 is 11.9 Å². The van der Waals surface area contributed by atoms with Crippen molar-refractivity contribution in [3.63, 3.8) is 0 Å². The molecule has 5 aliphatic rings. The van der Waals surface area contributed by atoms with Gasteiger partial charge in [-0.1, -0.05) is 20.8 Å². The van der Waals surface area contributed by atoms with Crippen LogP contribution in [0.25, 0.3) is 0 Å². The number of esters is 2. The Labute approximate surface area is 480 Å². The van der Waals surface area contributed by atoms with E-state index in [9.17, 15) is 15.0 Å². The van der Waals surface area contributed by atoms with Crippen LogP contribution < -0.4 is 14.4 Å². The maximum atomic E-state index is 15.4. The number of halogens is 1. The first-order valence-electron chi connectivity index (χ1n) is 27.8. The number of pyridine rings is 1. The van der Waals surface area contributed by atoms with Gasteiger partial charge in [-0.25, -0.2) is 0 Å². The van der Waals surface area contributed by atoms with Gasteiger partial charge in [0.25, 0.3) is 0 Å². The topological polar surface area (TPSA) is 203 Å². The predicted molar refractivity (Wildman–Crippen MR) is 304 cm³/mol. The van der Waals surface area contributed by atoms with E-state index in [1.165, 1.54) is 18.9 Å². The molecule has 0 spiro atoms. The fraction of sp³-hybridized carbons (Fsp3) is 0.759. The van der Waals surface area contributed by atoms with Crippen LogP contribution in [0, 0.1) is 29.6 Å². The van der Waals surface area contributed by atoms with Crippen molar-refractivity contribution >= 4 is 57.8 Å². The minimum atomic E-state index is -1.45. The number of nitrogens with zero attached hydrogens (tertiary/aromatic N) is 3. The van der Waals surface area contributed by atoms with Crippen LogP contribution >= 0.6 is 34.4 Å². The highest BCUT2D eigenvalue weighted by molar-refractivity contribution is 14.1. The van der Waals surface area contributed by atoms with Gasteiger partial charge < -0.3 is 67.4 Å². The lowest BCUT2D eigenvalue weighted by Crippen LogP contribution is -2.61. The zero-order chi connectivity index (χ0) is 57.0. The molecule has 2 N–H and O–H groups in total. The van der Waals surface area contributed by atoms with Gasteiger partial charge in [-0.15, -0.1) is 11.8 Å². The van der Waals surface area contributed by atoms with Gasteiger partial charge in [0.1, 0.15) is 23.2 Å². The fourth-order valence-corrected chi connectivity index (χ4v) is 15.0. The standard InChI is InChI=1S/C58H88IN3O15S/c1-32-29-57(8,70-14)51(75-54-47(64)41(61(10)11)27-33(2)71-54)35(4)48(74-44-30-56(7,69-13)50(65)37(6)72-44)36(5)52(66)76-55(59)58(9)45(34(3)46(32)63)49(53(67)77-58)78-26-25-62(31-38-21-23-60-24-22-38)39-19-20-42(68-12)43(28-39)73-40-17-15-16-18-40/h19-24,28,32-37,40-41,44-45,47-51,54-55,64-65H,15-18,25-27,29-31H2,1-14H3/t32-,33-,34-,35+,36-,37+,41+,44+,45+,47-,48+,49+,50+,51-,54+,55+,56-,57-,58+/m1/s1. The lowest BCUT2D eigenvalue weighted by Gasteiger charge is -2.49. The number of aliphatic hydroxyl groups excluding tert-OH is 2. The largest absolute Gasteiger partial charge is 0.493 e. The van der Waals surface area contributed by atoms with E-state index in [-0.39, 0.29) is 36.9 Å².